The van der Waals surface area contributed by atoms with Crippen LogP contribution in [0.25, 0.3) is 0 Å². The number of methoxy groups -OCH3 is 1. The molecule has 2 aliphatic rings. The van der Waals surface area contributed by atoms with Crippen molar-refractivity contribution in [1.82, 2.24) is 9.80 Å². The van der Waals surface area contributed by atoms with Gasteiger partial charge in [-0.1, -0.05) is 18.2 Å². The molecule has 3 rings (SSSR count). The molecule has 2 saturated heterocycles. The molecule has 0 saturated carbocycles. The predicted octanol–water partition coefficient (Wildman–Crippen LogP) is 2.40. The summed E-state index contributed by atoms with van der Waals surface area (Å²) in [6.45, 7) is 9.91. The Labute approximate surface area is 151 Å². The van der Waals surface area contributed by atoms with Crippen molar-refractivity contribution in [1.29, 1.82) is 0 Å². The van der Waals surface area contributed by atoms with Gasteiger partial charge in [-0.15, -0.1) is 0 Å². The fourth-order valence-corrected chi connectivity index (χ4v) is 3.75. The van der Waals surface area contributed by atoms with Crippen molar-refractivity contribution in [3.05, 3.63) is 29.8 Å². The van der Waals surface area contributed by atoms with E-state index in [4.69, 9.17) is 14.2 Å². The van der Waals surface area contributed by atoms with Crippen LogP contribution in [0.1, 0.15) is 25.3 Å². The lowest BCUT2D eigenvalue weighted by atomic mass is 10.1. The molecule has 0 spiro atoms. The fourth-order valence-electron chi connectivity index (χ4n) is 3.75. The van der Waals surface area contributed by atoms with Gasteiger partial charge in [-0.3, -0.25) is 9.80 Å². The second kappa shape index (κ2) is 9.53. The molecule has 2 aliphatic heterocycles. The van der Waals surface area contributed by atoms with E-state index in [0.717, 1.165) is 58.3 Å². The van der Waals surface area contributed by atoms with Gasteiger partial charge in [0.2, 0.25) is 0 Å². The average molecular weight is 348 g/mol. The molecule has 0 unspecified atom stereocenters. The molecule has 25 heavy (non-hydrogen) atoms. The Morgan fingerprint density at radius 3 is 2.92 bits per heavy atom. The standard InChI is InChI=1S/C20H32N2O3/c1-17-16-24-13-11-22(17)10-9-21(15-19-7-5-12-25-19)14-18-6-3-4-8-20(18)23-2/h3-4,6,8,17,19H,5,7,9-16H2,1-2H3/t17-,19-/m0/s1. The zero-order chi connectivity index (χ0) is 17.5. The molecule has 0 amide bonds. The zero-order valence-electron chi connectivity index (χ0n) is 15.7. The summed E-state index contributed by atoms with van der Waals surface area (Å²) in [6.07, 6.45) is 2.74. The lowest BCUT2D eigenvalue weighted by Crippen LogP contribution is -2.47. The van der Waals surface area contributed by atoms with Crippen LogP contribution in [-0.4, -0.2) is 75.1 Å². The third-order valence-electron chi connectivity index (χ3n) is 5.28. The van der Waals surface area contributed by atoms with Crippen LogP contribution in [0.5, 0.6) is 5.75 Å². The van der Waals surface area contributed by atoms with Crippen LogP contribution in [0.2, 0.25) is 0 Å². The molecule has 2 heterocycles. The maximum absolute atomic E-state index is 5.88. The molecule has 0 aliphatic carbocycles. The third kappa shape index (κ3) is 5.42. The van der Waals surface area contributed by atoms with Crippen LogP contribution < -0.4 is 4.74 Å². The summed E-state index contributed by atoms with van der Waals surface area (Å²) in [5.41, 5.74) is 1.25. The number of rotatable bonds is 8. The van der Waals surface area contributed by atoms with Crippen molar-refractivity contribution in [3.63, 3.8) is 0 Å². The Hall–Kier alpha value is -1.14. The van der Waals surface area contributed by atoms with Crippen LogP contribution in [0.15, 0.2) is 24.3 Å². The summed E-state index contributed by atoms with van der Waals surface area (Å²) in [5, 5.41) is 0. The van der Waals surface area contributed by atoms with Gasteiger partial charge in [0.15, 0.2) is 0 Å². The smallest absolute Gasteiger partial charge is 0.123 e. The number of morpholine rings is 1. The number of hydrogen-bond donors (Lipinski definition) is 0. The molecule has 1 aromatic rings. The summed E-state index contributed by atoms with van der Waals surface area (Å²) < 4.78 is 17.0. The van der Waals surface area contributed by atoms with Crippen LogP contribution in [0.3, 0.4) is 0 Å². The van der Waals surface area contributed by atoms with E-state index in [0.29, 0.717) is 12.1 Å². The molecular formula is C20H32N2O3. The Morgan fingerprint density at radius 1 is 1.28 bits per heavy atom. The molecule has 140 valence electrons. The van der Waals surface area contributed by atoms with Crippen molar-refractivity contribution in [2.45, 2.75) is 38.5 Å². The minimum atomic E-state index is 0.372. The molecule has 2 atom stereocenters. The average Bonchev–Trinajstić information content (AvgIpc) is 3.14. The zero-order valence-corrected chi connectivity index (χ0v) is 15.7. The van der Waals surface area contributed by atoms with Crippen LogP contribution >= 0.6 is 0 Å². The van der Waals surface area contributed by atoms with Gasteiger partial charge >= 0.3 is 0 Å². The minimum absolute atomic E-state index is 0.372. The summed E-state index contributed by atoms with van der Waals surface area (Å²) in [6, 6.07) is 8.83. The number of ether oxygens (including phenoxy) is 3. The summed E-state index contributed by atoms with van der Waals surface area (Å²) >= 11 is 0. The van der Waals surface area contributed by atoms with E-state index >= 15 is 0 Å². The summed E-state index contributed by atoms with van der Waals surface area (Å²) in [4.78, 5) is 5.06. The van der Waals surface area contributed by atoms with E-state index in [1.54, 1.807) is 7.11 Å². The molecule has 2 fully saturated rings. The van der Waals surface area contributed by atoms with Gasteiger partial charge in [0.05, 0.1) is 26.4 Å². The van der Waals surface area contributed by atoms with Gasteiger partial charge in [-0.25, -0.2) is 0 Å². The van der Waals surface area contributed by atoms with Crippen molar-refractivity contribution in [2.75, 3.05) is 53.1 Å². The van der Waals surface area contributed by atoms with Crippen LogP contribution in [0, 0.1) is 0 Å². The lowest BCUT2D eigenvalue weighted by molar-refractivity contribution is -0.00723. The first-order chi connectivity index (χ1) is 12.3. The summed E-state index contributed by atoms with van der Waals surface area (Å²) in [5.74, 6) is 0.972. The molecule has 0 radical (unpaired) electrons. The second-order valence-corrected chi connectivity index (χ2v) is 7.14. The van der Waals surface area contributed by atoms with Gasteiger partial charge in [-0.2, -0.15) is 0 Å². The van der Waals surface area contributed by atoms with Crippen LogP contribution in [-0.2, 0) is 16.0 Å². The van der Waals surface area contributed by atoms with Crippen LogP contribution in [0.4, 0.5) is 0 Å². The van der Waals surface area contributed by atoms with E-state index < -0.39 is 0 Å². The summed E-state index contributed by atoms with van der Waals surface area (Å²) in [7, 11) is 1.75. The van der Waals surface area contributed by atoms with E-state index in [1.165, 1.54) is 18.4 Å². The Balaban J connectivity index is 1.61. The van der Waals surface area contributed by atoms with Gasteiger partial charge in [0.25, 0.3) is 0 Å². The first-order valence-corrected chi connectivity index (χ1v) is 9.54. The fraction of sp³-hybridized carbons (Fsp3) is 0.700. The number of para-hydroxylation sites is 1. The van der Waals surface area contributed by atoms with E-state index in [9.17, 15) is 0 Å². The third-order valence-corrected chi connectivity index (χ3v) is 5.28. The topological polar surface area (TPSA) is 34.2 Å². The van der Waals surface area contributed by atoms with Gasteiger partial charge < -0.3 is 14.2 Å². The van der Waals surface area contributed by atoms with Gasteiger partial charge in [0.1, 0.15) is 5.75 Å². The number of nitrogens with zero attached hydrogens (tertiary/aromatic N) is 2. The normalized spacial score (nSPS) is 24.8. The van der Waals surface area contributed by atoms with Crippen molar-refractivity contribution in [3.8, 4) is 5.75 Å². The molecule has 1 aromatic carbocycles. The highest BCUT2D eigenvalue weighted by Crippen LogP contribution is 2.21. The van der Waals surface area contributed by atoms with Crippen molar-refractivity contribution in [2.24, 2.45) is 0 Å². The maximum Gasteiger partial charge on any atom is 0.123 e. The molecule has 0 aromatic heterocycles. The monoisotopic (exact) mass is 348 g/mol. The van der Waals surface area contributed by atoms with Gasteiger partial charge in [0, 0.05) is 50.9 Å². The first kappa shape index (κ1) is 18.6. The highest BCUT2D eigenvalue weighted by atomic mass is 16.5. The second-order valence-electron chi connectivity index (χ2n) is 7.14. The highest BCUT2D eigenvalue weighted by Gasteiger charge is 2.23. The van der Waals surface area contributed by atoms with E-state index in [1.807, 2.05) is 12.1 Å². The van der Waals surface area contributed by atoms with Crippen molar-refractivity contribution >= 4 is 0 Å². The Kier molecular flexibility index (Phi) is 7.11. The van der Waals surface area contributed by atoms with E-state index in [-0.39, 0.29) is 0 Å². The van der Waals surface area contributed by atoms with E-state index in [2.05, 4.69) is 28.9 Å². The number of benzene rings is 1. The van der Waals surface area contributed by atoms with Gasteiger partial charge in [-0.05, 0) is 25.8 Å². The maximum atomic E-state index is 5.88. The molecule has 5 nitrogen and oxygen atoms in total. The number of hydrogen-bond acceptors (Lipinski definition) is 5. The van der Waals surface area contributed by atoms with Crippen molar-refractivity contribution < 1.29 is 14.2 Å². The molecule has 0 bridgehead atoms. The lowest BCUT2D eigenvalue weighted by Gasteiger charge is -2.35. The Morgan fingerprint density at radius 2 is 2.16 bits per heavy atom. The first-order valence-electron chi connectivity index (χ1n) is 9.54. The predicted molar refractivity (Wildman–Crippen MR) is 99.1 cm³/mol. The minimum Gasteiger partial charge on any atom is -0.496 e. The molecule has 0 N–H and O–H groups in total. The largest absolute Gasteiger partial charge is 0.496 e. The molecule has 5 heteroatoms. The Bertz CT molecular complexity index is 519. The quantitative estimate of drug-likeness (QED) is 0.721. The SMILES string of the molecule is COc1ccccc1CN(CCN1CCOC[C@@H]1C)C[C@@H]1CCCO1. The highest BCUT2D eigenvalue weighted by molar-refractivity contribution is 5.33. The molecular weight excluding hydrogens is 316 g/mol.